The van der Waals surface area contributed by atoms with Crippen LogP contribution >= 0.6 is 11.3 Å². The highest BCUT2D eigenvalue weighted by atomic mass is 32.1. The molecule has 120 valence electrons. The number of nitrogens with one attached hydrogen (secondary N) is 2. The Morgan fingerprint density at radius 3 is 2.91 bits per heavy atom. The van der Waals surface area contributed by atoms with E-state index in [4.69, 9.17) is 0 Å². The number of imidazole rings is 1. The molecule has 0 atom stereocenters. The summed E-state index contributed by atoms with van der Waals surface area (Å²) in [4.78, 5) is 30.3. The van der Waals surface area contributed by atoms with E-state index in [0.29, 0.717) is 22.9 Å². The van der Waals surface area contributed by atoms with E-state index in [1.807, 2.05) is 10.4 Å². The maximum Gasteiger partial charge on any atom is 0.417 e. The van der Waals surface area contributed by atoms with Crippen molar-refractivity contribution in [3.63, 3.8) is 0 Å². The number of pyridine rings is 1. The predicted octanol–water partition coefficient (Wildman–Crippen LogP) is 2.28. The Labute approximate surface area is 130 Å². The molecule has 0 fully saturated rings. The van der Waals surface area contributed by atoms with Gasteiger partial charge in [0.15, 0.2) is 4.96 Å². The molecule has 0 unspecified atom stereocenters. The largest absolute Gasteiger partial charge is 0.417 e. The van der Waals surface area contributed by atoms with Crippen molar-refractivity contribution in [3.8, 4) is 0 Å². The Bertz CT molecular complexity index is 897. The van der Waals surface area contributed by atoms with Gasteiger partial charge in [-0.25, -0.2) is 4.98 Å². The number of alkyl halides is 3. The highest BCUT2D eigenvalue weighted by molar-refractivity contribution is 7.15. The van der Waals surface area contributed by atoms with Crippen molar-refractivity contribution in [3.05, 3.63) is 51.6 Å². The van der Waals surface area contributed by atoms with Crippen molar-refractivity contribution >= 4 is 27.9 Å². The van der Waals surface area contributed by atoms with Crippen molar-refractivity contribution in [2.75, 3.05) is 5.32 Å². The summed E-state index contributed by atoms with van der Waals surface area (Å²) in [5.74, 6) is -0.624. The number of H-pyrrole nitrogens is 1. The number of carbonyl (C=O) groups excluding carboxylic acids is 1. The topological polar surface area (TPSA) is 79.3 Å². The molecule has 0 aliphatic carbocycles. The Hall–Kier alpha value is -2.62. The van der Waals surface area contributed by atoms with Crippen LogP contribution in [0.5, 0.6) is 0 Å². The molecule has 0 saturated carbocycles. The van der Waals surface area contributed by atoms with Crippen LogP contribution in [0, 0.1) is 0 Å². The minimum Gasteiger partial charge on any atom is -0.327 e. The van der Waals surface area contributed by atoms with Gasteiger partial charge in [0.05, 0.1) is 17.7 Å². The summed E-state index contributed by atoms with van der Waals surface area (Å²) < 4.78 is 39.6. The van der Waals surface area contributed by atoms with Gasteiger partial charge in [-0.2, -0.15) is 13.2 Å². The summed E-state index contributed by atoms with van der Waals surface area (Å²) in [5, 5.41) is 4.01. The van der Waals surface area contributed by atoms with Gasteiger partial charge in [-0.3, -0.25) is 14.0 Å². The molecule has 3 aromatic heterocycles. The van der Waals surface area contributed by atoms with Crippen LogP contribution in [-0.2, 0) is 17.4 Å². The second-order valence-electron chi connectivity index (χ2n) is 4.68. The first kappa shape index (κ1) is 15.3. The minimum atomic E-state index is -4.61. The van der Waals surface area contributed by atoms with E-state index in [9.17, 15) is 22.8 Å². The lowest BCUT2D eigenvalue weighted by molar-refractivity contribution is -0.137. The van der Waals surface area contributed by atoms with Crippen molar-refractivity contribution in [2.24, 2.45) is 0 Å². The number of rotatable bonds is 3. The molecule has 0 spiro atoms. The van der Waals surface area contributed by atoms with E-state index in [-0.39, 0.29) is 6.42 Å². The number of aromatic amines is 1. The number of fused-ring (bicyclic) bond motifs is 1. The molecule has 0 aliphatic heterocycles. The van der Waals surface area contributed by atoms with Gasteiger partial charge in [-0.1, -0.05) is 0 Å². The number of amides is 1. The minimum absolute atomic E-state index is 0.149. The lowest BCUT2D eigenvalue weighted by Gasteiger charge is -2.08. The van der Waals surface area contributed by atoms with Crippen molar-refractivity contribution in [1.82, 2.24) is 14.4 Å². The van der Waals surface area contributed by atoms with Crippen LogP contribution in [0.2, 0.25) is 0 Å². The molecule has 0 bridgehead atoms. The molecule has 0 saturated heterocycles. The first-order valence-electron chi connectivity index (χ1n) is 6.34. The summed E-state index contributed by atoms with van der Waals surface area (Å²) >= 11 is 1.39. The first-order chi connectivity index (χ1) is 10.8. The zero-order valence-electron chi connectivity index (χ0n) is 11.3. The summed E-state index contributed by atoms with van der Waals surface area (Å²) in [6.45, 7) is 0. The number of hydrogen-bond donors (Lipinski definition) is 2. The number of aromatic nitrogens is 3. The van der Waals surface area contributed by atoms with E-state index < -0.39 is 28.9 Å². The highest BCUT2D eigenvalue weighted by Gasteiger charge is 2.31. The Morgan fingerprint density at radius 2 is 2.22 bits per heavy atom. The van der Waals surface area contributed by atoms with Crippen LogP contribution in [0.1, 0.15) is 11.3 Å². The van der Waals surface area contributed by atoms with Gasteiger partial charge in [0, 0.05) is 24.0 Å². The second kappa shape index (κ2) is 5.54. The van der Waals surface area contributed by atoms with Crippen LogP contribution < -0.4 is 10.9 Å². The number of thiazole rings is 1. The molecular weight excluding hydrogens is 333 g/mol. The van der Waals surface area contributed by atoms with Gasteiger partial charge in [0.2, 0.25) is 5.91 Å². The third-order valence-electron chi connectivity index (χ3n) is 2.99. The lowest BCUT2D eigenvalue weighted by Crippen LogP contribution is -2.22. The number of halogens is 3. The maximum absolute atomic E-state index is 12.6. The van der Waals surface area contributed by atoms with E-state index >= 15 is 0 Å². The van der Waals surface area contributed by atoms with Crippen LogP contribution in [-0.4, -0.2) is 20.3 Å². The first-order valence-corrected chi connectivity index (χ1v) is 7.22. The zero-order chi connectivity index (χ0) is 16.6. The van der Waals surface area contributed by atoms with Crippen LogP contribution in [0.3, 0.4) is 0 Å². The third-order valence-corrected chi connectivity index (χ3v) is 3.76. The van der Waals surface area contributed by atoms with E-state index in [1.165, 1.54) is 11.3 Å². The quantitative estimate of drug-likeness (QED) is 0.766. The lowest BCUT2D eigenvalue weighted by atomic mass is 10.2. The second-order valence-corrected chi connectivity index (χ2v) is 5.55. The monoisotopic (exact) mass is 342 g/mol. The smallest absolute Gasteiger partial charge is 0.327 e. The maximum atomic E-state index is 12.6. The van der Waals surface area contributed by atoms with E-state index in [1.54, 1.807) is 16.8 Å². The predicted molar refractivity (Wildman–Crippen MR) is 77.5 cm³/mol. The molecule has 6 nitrogen and oxygen atoms in total. The standard InChI is InChI=1S/C13H9F3N4O2S/c14-13(15,16)7-3-9(11(22)17-5-7)19-10(21)4-8-6-20-1-2-23-12(20)18-8/h1-3,5-6H,4H2,(H,17,22)(H,19,21). The van der Waals surface area contributed by atoms with Gasteiger partial charge in [0.25, 0.3) is 5.56 Å². The number of hydrogen-bond acceptors (Lipinski definition) is 4. The fourth-order valence-electron chi connectivity index (χ4n) is 1.96. The number of anilines is 1. The summed E-state index contributed by atoms with van der Waals surface area (Å²) in [7, 11) is 0. The van der Waals surface area contributed by atoms with Crippen LogP contribution in [0.4, 0.5) is 18.9 Å². The molecule has 1 amide bonds. The average Bonchev–Trinajstić information content (AvgIpc) is 3.00. The number of nitrogens with zero attached hydrogens (tertiary/aromatic N) is 2. The molecule has 3 aromatic rings. The normalized spacial score (nSPS) is 11.8. The molecular formula is C13H9F3N4O2S. The molecule has 10 heteroatoms. The third kappa shape index (κ3) is 3.26. The van der Waals surface area contributed by atoms with Gasteiger partial charge < -0.3 is 10.3 Å². The van der Waals surface area contributed by atoms with Crippen LogP contribution in [0.25, 0.3) is 4.96 Å². The van der Waals surface area contributed by atoms with Gasteiger partial charge in [-0.05, 0) is 6.07 Å². The van der Waals surface area contributed by atoms with Crippen molar-refractivity contribution in [2.45, 2.75) is 12.6 Å². The summed E-state index contributed by atoms with van der Waals surface area (Å²) in [6.07, 6.45) is -0.794. The zero-order valence-corrected chi connectivity index (χ0v) is 12.2. The van der Waals surface area contributed by atoms with Crippen molar-refractivity contribution in [1.29, 1.82) is 0 Å². The SMILES string of the molecule is O=C(Cc1cn2ccsc2n1)Nc1cc(C(F)(F)F)c[nH]c1=O. The number of carbonyl (C=O) groups is 1. The Morgan fingerprint density at radius 1 is 1.43 bits per heavy atom. The molecule has 3 heterocycles. The van der Waals surface area contributed by atoms with E-state index in [2.05, 4.69) is 10.3 Å². The van der Waals surface area contributed by atoms with Gasteiger partial charge in [-0.15, -0.1) is 11.3 Å². The Kier molecular flexibility index (Phi) is 3.68. The van der Waals surface area contributed by atoms with Crippen LogP contribution in [0.15, 0.2) is 34.8 Å². The fraction of sp³-hybridized carbons (Fsp3) is 0.154. The van der Waals surface area contributed by atoms with Gasteiger partial charge in [0.1, 0.15) is 5.69 Å². The molecule has 0 aliphatic rings. The van der Waals surface area contributed by atoms with Crippen molar-refractivity contribution < 1.29 is 18.0 Å². The van der Waals surface area contributed by atoms with Gasteiger partial charge >= 0.3 is 6.18 Å². The Balaban J connectivity index is 1.77. The molecule has 0 radical (unpaired) electrons. The molecule has 0 aromatic carbocycles. The van der Waals surface area contributed by atoms with E-state index in [0.717, 1.165) is 0 Å². The summed E-state index contributed by atoms with van der Waals surface area (Å²) in [6, 6.07) is 0.600. The summed E-state index contributed by atoms with van der Waals surface area (Å²) in [5.41, 5.74) is -1.85. The molecule has 2 N–H and O–H groups in total. The molecule has 3 rings (SSSR count). The molecule has 23 heavy (non-hydrogen) atoms. The fourth-order valence-corrected chi connectivity index (χ4v) is 2.68. The highest BCUT2D eigenvalue weighted by Crippen LogP contribution is 2.29. The average molecular weight is 342 g/mol.